The predicted molar refractivity (Wildman–Crippen MR) is 113 cm³/mol. The van der Waals surface area contributed by atoms with Gasteiger partial charge >= 0.3 is 0 Å². The first-order valence-electron chi connectivity index (χ1n) is 9.09. The molecule has 5 nitrogen and oxygen atoms in total. The molecule has 2 aromatic rings. The highest BCUT2D eigenvalue weighted by Gasteiger charge is 2.31. The maximum absolute atomic E-state index is 5.60. The minimum atomic E-state index is -0.0830. The molecule has 4 rings (SSSR count). The summed E-state index contributed by atoms with van der Waals surface area (Å²) in [7, 11) is 0. The first-order chi connectivity index (χ1) is 12.6. The number of nitrogens with zero attached hydrogens (tertiary/aromatic N) is 1. The Kier molecular flexibility index (Phi) is 5.33. The molecule has 26 heavy (non-hydrogen) atoms. The lowest BCUT2D eigenvalue weighted by molar-refractivity contribution is 0.185. The molecule has 2 fully saturated rings. The Balaban J connectivity index is 1.65. The number of rotatable bonds is 5. The van der Waals surface area contributed by atoms with E-state index in [9.17, 15) is 0 Å². The number of benzene rings is 1. The van der Waals surface area contributed by atoms with Crippen LogP contribution in [0, 0.1) is 3.57 Å². The number of pyridine rings is 1. The van der Waals surface area contributed by atoms with Crippen LogP contribution in [0.25, 0.3) is 11.3 Å². The highest BCUT2D eigenvalue weighted by atomic mass is 127. The summed E-state index contributed by atoms with van der Waals surface area (Å²) < 4.78 is 12.3. The summed E-state index contributed by atoms with van der Waals surface area (Å²) in [6, 6.07) is 13.0. The summed E-state index contributed by atoms with van der Waals surface area (Å²) in [5.74, 6) is 0.890. The van der Waals surface area contributed by atoms with Crippen LogP contribution in [0.15, 0.2) is 36.4 Å². The molecule has 0 bridgehead atoms. The van der Waals surface area contributed by atoms with Crippen molar-refractivity contribution in [3.8, 4) is 11.3 Å². The summed E-state index contributed by atoms with van der Waals surface area (Å²) in [5, 5.41) is 7.24. The minimum Gasteiger partial charge on any atom is -0.379 e. The molecule has 0 spiro atoms. The SMILES string of the molecule is CC1(Nc2nc(-c3ccc(I)cc3)ccc2NC2CCOC2)CCOC1. The maximum Gasteiger partial charge on any atom is 0.150 e. The Morgan fingerprint density at radius 2 is 1.96 bits per heavy atom. The molecule has 3 heterocycles. The zero-order chi connectivity index (χ0) is 18.0. The number of ether oxygens (including phenoxy) is 2. The zero-order valence-corrected chi connectivity index (χ0v) is 17.1. The van der Waals surface area contributed by atoms with Gasteiger partial charge in [-0.15, -0.1) is 0 Å². The van der Waals surface area contributed by atoms with Gasteiger partial charge in [0, 0.05) is 22.3 Å². The number of halogens is 1. The third kappa shape index (κ3) is 4.13. The lowest BCUT2D eigenvalue weighted by Gasteiger charge is -2.27. The summed E-state index contributed by atoms with van der Waals surface area (Å²) >= 11 is 2.32. The molecular weight excluding hydrogens is 441 g/mol. The van der Waals surface area contributed by atoms with E-state index in [1.54, 1.807) is 0 Å². The Labute approximate surface area is 168 Å². The van der Waals surface area contributed by atoms with E-state index in [2.05, 4.69) is 76.5 Å². The number of aromatic nitrogens is 1. The van der Waals surface area contributed by atoms with Gasteiger partial charge in [-0.2, -0.15) is 0 Å². The molecule has 0 saturated carbocycles. The van der Waals surface area contributed by atoms with Crippen molar-refractivity contribution in [1.29, 1.82) is 0 Å². The second kappa shape index (κ2) is 7.70. The van der Waals surface area contributed by atoms with E-state index < -0.39 is 0 Å². The average molecular weight is 465 g/mol. The van der Waals surface area contributed by atoms with Crippen LogP contribution < -0.4 is 10.6 Å². The minimum absolute atomic E-state index is 0.0830. The van der Waals surface area contributed by atoms with Gasteiger partial charge < -0.3 is 20.1 Å². The van der Waals surface area contributed by atoms with Crippen LogP contribution in [0.1, 0.15) is 19.8 Å². The van der Waals surface area contributed by atoms with Gasteiger partial charge in [-0.25, -0.2) is 4.98 Å². The van der Waals surface area contributed by atoms with Crippen molar-refractivity contribution in [3.05, 3.63) is 40.0 Å². The molecule has 6 heteroatoms. The number of hydrogen-bond acceptors (Lipinski definition) is 5. The lowest BCUT2D eigenvalue weighted by Crippen LogP contribution is -2.36. The fraction of sp³-hybridized carbons (Fsp3) is 0.450. The van der Waals surface area contributed by atoms with Gasteiger partial charge in [-0.3, -0.25) is 0 Å². The van der Waals surface area contributed by atoms with Crippen LogP contribution in [-0.4, -0.2) is 43.0 Å². The maximum atomic E-state index is 5.60. The van der Waals surface area contributed by atoms with Crippen LogP contribution in [0.3, 0.4) is 0 Å². The molecule has 1 aromatic carbocycles. The fourth-order valence-electron chi connectivity index (χ4n) is 3.37. The molecule has 2 aliphatic rings. The van der Waals surface area contributed by atoms with Crippen LogP contribution in [0.4, 0.5) is 11.5 Å². The van der Waals surface area contributed by atoms with Crippen molar-refractivity contribution < 1.29 is 9.47 Å². The number of anilines is 2. The second-order valence-corrected chi connectivity index (χ2v) is 8.54. The molecule has 0 radical (unpaired) electrons. The predicted octanol–water partition coefficient (Wildman–Crippen LogP) is 4.14. The molecule has 1 aromatic heterocycles. The van der Waals surface area contributed by atoms with Crippen LogP contribution >= 0.6 is 22.6 Å². The van der Waals surface area contributed by atoms with Gasteiger partial charge in [0.05, 0.1) is 36.2 Å². The standard InChI is InChI=1S/C20H24IN3O2/c1-20(9-11-26-13-20)24-19-18(22-16-8-10-25-12-16)7-6-17(23-19)14-2-4-15(21)5-3-14/h2-7,16,22H,8-13H2,1H3,(H,23,24). The van der Waals surface area contributed by atoms with Crippen molar-refractivity contribution in [1.82, 2.24) is 4.98 Å². The Bertz CT molecular complexity index is 754. The first-order valence-corrected chi connectivity index (χ1v) is 10.2. The molecule has 0 amide bonds. The highest BCUT2D eigenvalue weighted by Crippen LogP contribution is 2.31. The van der Waals surface area contributed by atoms with Crippen LogP contribution in [0.2, 0.25) is 0 Å². The number of hydrogen-bond donors (Lipinski definition) is 2. The van der Waals surface area contributed by atoms with Crippen molar-refractivity contribution in [2.45, 2.75) is 31.3 Å². The molecule has 138 valence electrons. The molecule has 2 atom stereocenters. The smallest absolute Gasteiger partial charge is 0.150 e. The Morgan fingerprint density at radius 1 is 1.12 bits per heavy atom. The average Bonchev–Trinajstić information content (AvgIpc) is 3.29. The summed E-state index contributed by atoms with van der Waals surface area (Å²) in [6.07, 6.45) is 2.01. The highest BCUT2D eigenvalue weighted by molar-refractivity contribution is 14.1. The Morgan fingerprint density at radius 3 is 2.65 bits per heavy atom. The first kappa shape index (κ1) is 18.0. The molecule has 2 aliphatic heterocycles. The zero-order valence-electron chi connectivity index (χ0n) is 14.9. The van der Waals surface area contributed by atoms with E-state index in [0.717, 1.165) is 55.4 Å². The fourth-order valence-corrected chi connectivity index (χ4v) is 3.73. The largest absolute Gasteiger partial charge is 0.379 e. The normalized spacial score (nSPS) is 25.4. The topological polar surface area (TPSA) is 55.4 Å². The quantitative estimate of drug-likeness (QED) is 0.651. The second-order valence-electron chi connectivity index (χ2n) is 7.29. The van der Waals surface area contributed by atoms with Crippen LogP contribution in [0.5, 0.6) is 0 Å². The molecule has 2 saturated heterocycles. The van der Waals surface area contributed by atoms with E-state index in [1.165, 1.54) is 3.57 Å². The Hall–Kier alpha value is -1.38. The molecule has 2 unspecified atom stereocenters. The van der Waals surface area contributed by atoms with E-state index in [-0.39, 0.29) is 5.54 Å². The molecule has 0 aliphatic carbocycles. The van der Waals surface area contributed by atoms with Crippen LogP contribution in [-0.2, 0) is 9.47 Å². The monoisotopic (exact) mass is 465 g/mol. The molecular formula is C20H24IN3O2. The van der Waals surface area contributed by atoms with Gasteiger partial charge in [-0.05, 0) is 66.6 Å². The van der Waals surface area contributed by atoms with Gasteiger partial charge in [0.1, 0.15) is 0 Å². The third-order valence-corrected chi connectivity index (χ3v) is 5.68. The van der Waals surface area contributed by atoms with Crippen molar-refractivity contribution in [2.75, 3.05) is 37.1 Å². The summed E-state index contributed by atoms with van der Waals surface area (Å²) in [4.78, 5) is 4.95. The summed E-state index contributed by atoms with van der Waals surface area (Å²) in [5.41, 5.74) is 3.04. The van der Waals surface area contributed by atoms with Gasteiger partial charge in [0.15, 0.2) is 5.82 Å². The lowest BCUT2D eigenvalue weighted by atomic mass is 10.0. The van der Waals surface area contributed by atoms with E-state index in [0.29, 0.717) is 12.6 Å². The third-order valence-electron chi connectivity index (χ3n) is 4.96. The number of nitrogens with one attached hydrogen (secondary N) is 2. The van der Waals surface area contributed by atoms with Crippen molar-refractivity contribution in [2.24, 2.45) is 0 Å². The van der Waals surface area contributed by atoms with Gasteiger partial charge in [0.25, 0.3) is 0 Å². The van der Waals surface area contributed by atoms with E-state index >= 15 is 0 Å². The molecule has 2 N–H and O–H groups in total. The van der Waals surface area contributed by atoms with Crippen molar-refractivity contribution >= 4 is 34.1 Å². The summed E-state index contributed by atoms with van der Waals surface area (Å²) in [6.45, 7) is 5.26. The van der Waals surface area contributed by atoms with Crippen molar-refractivity contribution in [3.63, 3.8) is 0 Å². The van der Waals surface area contributed by atoms with E-state index in [4.69, 9.17) is 14.5 Å². The van der Waals surface area contributed by atoms with Gasteiger partial charge in [-0.1, -0.05) is 12.1 Å². The van der Waals surface area contributed by atoms with E-state index in [1.807, 2.05) is 0 Å². The van der Waals surface area contributed by atoms with Gasteiger partial charge in [0.2, 0.25) is 0 Å².